The molecule has 1 aliphatic rings. The van der Waals surface area contributed by atoms with Gasteiger partial charge in [0.05, 0.1) is 0 Å². The average Bonchev–Trinajstić information content (AvgIpc) is 3.09. The van der Waals surface area contributed by atoms with E-state index in [0.717, 1.165) is 13.1 Å². The van der Waals surface area contributed by atoms with Crippen LogP contribution in [0.3, 0.4) is 0 Å². The lowest BCUT2D eigenvalue weighted by Crippen LogP contribution is -2.31. The van der Waals surface area contributed by atoms with Crippen molar-refractivity contribution in [3.05, 3.63) is 5.28 Å². The molecule has 1 aromatic rings. The summed E-state index contributed by atoms with van der Waals surface area (Å²) >= 11 is 5.96. The number of halogens is 1. The molecule has 18 heavy (non-hydrogen) atoms. The zero-order valence-electron chi connectivity index (χ0n) is 11.1. The van der Waals surface area contributed by atoms with Crippen molar-refractivity contribution in [2.75, 3.05) is 23.3 Å². The van der Waals surface area contributed by atoms with Gasteiger partial charge in [0.2, 0.25) is 17.2 Å². The molecule has 100 valence electrons. The van der Waals surface area contributed by atoms with Gasteiger partial charge in [-0.15, -0.1) is 0 Å². The highest BCUT2D eigenvalue weighted by Gasteiger charge is 2.31. The molecule has 0 radical (unpaired) electrons. The summed E-state index contributed by atoms with van der Waals surface area (Å²) in [6.45, 7) is 8.13. The smallest absolute Gasteiger partial charge is 0.231 e. The van der Waals surface area contributed by atoms with Crippen LogP contribution in [0.4, 0.5) is 11.9 Å². The molecule has 2 rings (SSSR count). The van der Waals surface area contributed by atoms with E-state index in [1.807, 2.05) is 6.92 Å². The van der Waals surface area contributed by atoms with Gasteiger partial charge in [-0.05, 0) is 37.3 Å². The maximum atomic E-state index is 5.96. The highest BCUT2D eigenvalue weighted by atomic mass is 35.5. The second-order valence-corrected chi connectivity index (χ2v) is 5.37. The van der Waals surface area contributed by atoms with Crippen LogP contribution in [0.15, 0.2) is 0 Å². The van der Waals surface area contributed by atoms with Crippen molar-refractivity contribution in [3.8, 4) is 0 Å². The van der Waals surface area contributed by atoms with Crippen molar-refractivity contribution in [1.82, 2.24) is 15.0 Å². The molecule has 6 heteroatoms. The van der Waals surface area contributed by atoms with Gasteiger partial charge in [-0.3, -0.25) is 0 Å². The molecule has 0 amide bonds. The van der Waals surface area contributed by atoms with E-state index in [0.29, 0.717) is 23.9 Å². The highest BCUT2D eigenvalue weighted by Crippen LogP contribution is 2.31. The molecule has 1 aliphatic carbocycles. The predicted molar refractivity (Wildman–Crippen MR) is 74.2 cm³/mol. The quantitative estimate of drug-likeness (QED) is 0.860. The Kier molecular flexibility index (Phi) is 4.22. The minimum atomic E-state index is 0.255. The molecule has 0 aromatic carbocycles. The molecule has 1 saturated carbocycles. The maximum absolute atomic E-state index is 5.96. The second kappa shape index (κ2) is 5.69. The molecular formula is C12H20ClN5. The van der Waals surface area contributed by atoms with Crippen LogP contribution in [0.25, 0.3) is 0 Å². The normalized spacial score (nSPS) is 14.9. The van der Waals surface area contributed by atoms with E-state index in [1.54, 1.807) is 0 Å². The molecule has 0 spiro atoms. The van der Waals surface area contributed by atoms with Gasteiger partial charge in [0, 0.05) is 19.1 Å². The fourth-order valence-electron chi connectivity index (χ4n) is 1.88. The highest BCUT2D eigenvalue weighted by molar-refractivity contribution is 6.28. The summed E-state index contributed by atoms with van der Waals surface area (Å²) in [5.74, 6) is 1.83. The predicted octanol–water partition coefficient (Wildman–Crippen LogP) is 2.58. The number of nitrogens with zero attached hydrogens (tertiary/aromatic N) is 4. The third kappa shape index (κ3) is 3.45. The molecule has 1 heterocycles. The molecule has 5 nitrogen and oxygen atoms in total. The first-order chi connectivity index (χ1) is 8.60. The number of rotatable bonds is 6. The second-order valence-electron chi connectivity index (χ2n) is 5.04. The van der Waals surface area contributed by atoms with E-state index in [1.165, 1.54) is 12.8 Å². The molecule has 0 saturated heterocycles. The molecule has 1 aromatic heterocycles. The van der Waals surface area contributed by atoms with Gasteiger partial charge < -0.3 is 10.2 Å². The van der Waals surface area contributed by atoms with Crippen LogP contribution in [-0.4, -0.2) is 34.1 Å². The van der Waals surface area contributed by atoms with Crippen molar-refractivity contribution in [2.24, 2.45) is 5.92 Å². The summed E-state index contributed by atoms with van der Waals surface area (Å²) in [5.41, 5.74) is 0. The van der Waals surface area contributed by atoms with Gasteiger partial charge in [-0.25, -0.2) is 0 Å². The molecule has 1 N–H and O–H groups in total. The van der Waals surface area contributed by atoms with Gasteiger partial charge in [0.25, 0.3) is 0 Å². The van der Waals surface area contributed by atoms with Gasteiger partial charge >= 0.3 is 0 Å². The Morgan fingerprint density at radius 3 is 2.61 bits per heavy atom. The van der Waals surface area contributed by atoms with Gasteiger partial charge in [0.15, 0.2) is 0 Å². The van der Waals surface area contributed by atoms with Crippen LogP contribution >= 0.6 is 11.6 Å². The first kappa shape index (κ1) is 13.3. The average molecular weight is 270 g/mol. The number of hydrogen-bond acceptors (Lipinski definition) is 5. The fraction of sp³-hybridized carbons (Fsp3) is 0.750. The largest absolute Gasteiger partial charge is 0.354 e. The van der Waals surface area contributed by atoms with E-state index in [2.05, 4.69) is 39.0 Å². The van der Waals surface area contributed by atoms with E-state index >= 15 is 0 Å². The Morgan fingerprint density at radius 2 is 2.06 bits per heavy atom. The molecular weight excluding hydrogens is 250 g/mol. The van der Waals surface area contributed by atoms with Crippen molar-refractivity contribution in [3.63, 3.8) is 0 Å². The molecule has 0 unspecified atom stereocenters. The minimum Gasteiger partial charge on any atom is -0.354 e. The zero-order valence-corrected chi connectivity index (χ0v) is 11.9. The Hall–Kier alpha value is -1.10. The molecule has 0 atom stereocenters. The molecule has 1 fully saturated rings. The van der Waals surface area contributed by atoms with E-state index < -0.39 is 0 Å². The number of anilines is 2. The summed E-state index contributed by atoms with van der Waals surface area (Å²) in [5, 5.41) is 3.34. The van der Waals surface area contributed by atoms with Crippen molar-refractivity contribution >= 4 is 23.5 Å². The van der Waals surface area contributed by atoms with Crippen molar-refractivity contribution in [1.29, 1.82) is 0 Å². The van der Waals surface area contributed by atoms with E-state index in [4.69, 9.17) is 11.6 Å². The third-order valence-electron chi connectivity index (χ3n) is 2.74. The van der Waals surface area contributed by atoms with Crippen LogP contribution in [0.5, 0.6) is 0 Å². The van der Waals surface area contributed by atoms with Crippen LogP contribution in [0, 0.1) is 5.92 Å². The first-order valence-electron chi connectivity index (χ1n) is 6.52. The monoisotopic (exact) mass is 269 g/mol. The summed E-state index contributed by atoms with van der Waals surface area (Å²) in [6, 6.07) is 0.570. The van der Waals surface area contributed by atoms with Crippen molar-refractivity contribution < 1.29 is 0 Å². The maximum Gasteiger partial charge on any atom is 0.231 e. The molecule has 0 bridgehead atoms. The standard InChI is InChI=1S/C12H20ClN5/c1-4-14-11-15-10(13)16-12(17-11)18(7-8(2)3)9-5-6-9/h8-9H,4-7H2,1-3H3,(H,14,15,16,17). The van der Waals surface area contributed by atoms with E-state index in [-0.39, 0.29) is 5.28 Å². The topological polar surface area (TPSA) is 53.9 Å². The van der Waals surface area contributed by atoms with Gasteiger partial charge in [0.1, 0.15) is 0 Å². The Labute approximate surface area is 113 Å². The summed E-state index contributed by atoms with van der Waals surface area (Å²) in [4.78, 5) is 15.0. The van der Waals surface area contributed by atoms with Gasteiger partial charge in [-0.1, -0.05) is 13.8 Å². The first-order valence-corrected chi connectivity index (χ1v) is 6.90. The fourth-order valence-corrected chi connectivity index (χ4v) is 2.03. The number of nitrogens with one attached hydrogen (secondary N) is 1. The summed E-state index contributed by atoms with van der Waals surface area (Å²) in [6.07, 6.45) is 2.43. The van der Waals surface area contributed by atoms with E-state index in [9.17, 15) is 0 Å². The minimum absolute atomic E-state index is 0.255. The Morgan fingerprint density at radius 1 is 1.33 bits per heavy atom. The SMILES string of the molecule is CCNc1nc(Cl)nc(N(CC(C)C)C2CC2)n1. The van der Waals surface area contributed by atoms with Crippen molar-refractivity contribution in [2.45, 2.75) is 39.7 Å². The van der Waals surface area contributed by atoms with Crippen LogP contribution < -0.4 is 10.2 Å². The van der Waals surface area contributed by atoms with Gasteiger partial charge in [-0.2, -0.15) is 15.0 Å². The summed E-state index contributed by atoms with van der Waals surface area (Å²) in [7, 11) is 0. The lowest BCUT2D eigenvalue weighted by molar-refractivity contribution is 0.596. The third-order valence-corrected chi connectivity index (χ3v) is 2.91. The lowest BCUT2D eigenvalue weighted by atomic mass is 10.2. The zero-order chi connectivity index (χ0) is 13.1. The summed E-state index contributed by atoms with van der Waals surface area (Å²) < 4.78 is 0. The lowest BCUT2D eigenvalue weighted by Gasteiger charge is -2.24. The van der Waals surface area contributed by atoms with Crippen LogP contribution in [0.1, 0.15) is 33.6 Å². The number of aromatic nitrogens is 3. The molecule has 0 aliphatic heterocycles. The Bertz CT molecular complexity index is 405. The number of hydrogen-bond donors (Lipinski definition) is 1. The Balaban J connectivity index is 2.22. The van der Waals surface area contributed by atoms with Crippen LogP contribution in [-0.2, 0) is 0 Å². The van der Waals surface area contributed by atoms with Crippen LogP contribution in [0.2, 0.25) is 5.28 Å².